The number of benzene rings is 1. The molecule has 96 valence electrons. The van der Waals surface area contributed by atoms with E-state index in [9.17, 15) is 0 Å². The van der Waals surface area contributed by atoms with Crippen LogP contribution in [0.4, 0.5) is 0 Å². The molecule has 0 radical (unpaired) electrons. The molecule has 3 rings (SSSR count). The molecule has 6 heteroatoms. The molecule has 18 heavy (non-hydrogen) atoms. The molecule has 2 aliphatic rings. The van der Waals surface area contributed by atoms with Crippen LogP contribution in [-0.2, 0) is 9.31 Å². The van der Waals surface area contributed by atoms with Gasteiger partial charge in [-0.2, -0.15) is 0 Å². The van der Waals surface area contributed by atoms with Crippen molar-refractivity contribution >= 4 is 28.5 Å². The van der Waals surface area contributed by atoms with Crippen molar-refractivity contribution < 1.29 is 19.8 Å². The number of hydrogen-bond donors (Lipinski definition) is 1. The molecule has 1 aromatic carbocycles. The Kier molecular flexibility index (Phi) is 2.93. The monoisotopic (exact) mass is 312 g/mol. The summed E-state index contributed by atoms with van der Waals surface area (Å²) in [5.41, 5.74) is 5.72. The maximum Gasteiger partial charge on any atom is 0.499 e. The molecule has 0 saturated carbocycles. The van der Waals surface area contributed by atoms with E-state index in [1.807, 2.05) is 26.0 Å². The first-order chi connectivity index (χ1) is 8.52. The Bertz CT molecular complexity index is 494. The summed E-state index contributed by atoms with van der Waals surface area (Å²) in [6, 6.07) is 3.97. The van der Waals surface area contributed by atoms with Crippen molar-refractivity contribution in [1.29, 1.82) is 0 Å². The highest BCUT2D eigenvalue weighted by atomic mass is 79.9. The quantitative estimate of drug-likeness (QED) is 0.775. The Morgan fingerprint density at radius 2 is 2.28 bits per heavy atom. The molecule has 0 spiro atoms. The van der Waals surface area contributed by atoms with Crippen LogP contribution in [0.5, 0.6) is 5.75 Å². The van der Waals surface area contributed by atoms with Crippen molar-refractivity contribution in [2.75, 3.05) is 13.2 Å². The molecule has 3 N–H and O–H groups in total. The van der Waals surface area contributed by atoms with Gasteiger partial charge in [-0.1, -0.05) is 15.9 Å². The highest BCUT2D eigenvalue weighted by Crippen LogP contribution is 2.36. The molecule has 1 unspecified atom stereocenters. The van der Waals surface area contributed by atoms with Crippen LogP contribution in [0.15, 0.2) is 16.6 Å². The molecule has 2 heterocycles. The summed E-state index contributed by atoms with van der Waals surface area (Å²) in [5.74, 6) is 0.861. The standard InChI is InChI=1S/C12H15BBrNO3/c1-12(2)6-16-8-4-3-7(14)10-9(5-15)17-13(18-12)11(8)10/h3-4,9H,5-6,15H2,1-2H3/p+1. The third-order valence-corrected chi connectivity index (χ3v) is 3.99. The van der Waals surface area contributed by atoms with Crippen molar-refractivity contribution in [3.05, 3.63) is 22.2 Å². The fourth-order valence-corrected chi connectivity index (χ4v) is 3.05. The van der Waals surface area contributed by atoms with Crippen molar-refractivity contribution in [2.45, 2.75) is 25.6 Å². The number of halogens is 1. The van der Waals surface area contributed by atoms with E-state index in [0.29, 0.717) is 13.2 Å². The minimum atomic E-state index is -0.358. The number of rotatable bonds is 1. The summed E-state index contributed by atoms with van der Waals surface area (Å²) in [4.78, 5) is 0. The van der Waals surface area contributed by atoms with E-state index < -0.39 is 0 Å². The minimum Gasteiger partial charge on any atom is -0.491 e. The van der Waals surface area contributed by atoms with Crippen molar-refractivity contribution in [3.8, 4) is 5.75 Å². The first-order valence-corrected chi connectivity index (χ1v) is 6.89. The summed E-state index contributed by atoms with van der Waals surface area (Å²) < 4.78 is 18.9. The van der Waals surface area contributed by atoms with Crippen LogP contribution in [0.25, 0.3) is 0 Å². The lowest BCUT2D eigenvalue weighted by Gasteiger charge is -2.24. The first kappa shape index (κ1) is 12.5. The molecule has 0 bridgehead atoms. The van der Waals surface area contributed by atoms with Gasteiger partial charge in [-0.25, -0.2) is 0 Å². The van der Waals surface area contributed by atoms with Gasteiger partial charge in [-0.3, -0.25) is 0 Å². The second kappa shape index (κ2) is 4.23. The molecule has 0 aliphatic carbocycles. The van der Waals surface area contributed by atoms with E-state index in [-0.39, 0.29) is 18.8 Å². The van der Waals surface area contributed by atoms with Crippen LogP contribution >= 0.6 is 15.9 Å². The summed E-state index contributed by atoms with van der Waals surface area (Å²) in [7, 11) is -0.350. The van der Waals surface area contributed by atoms with Gasteiger partial charge < -0.3 is 19.8 Å². The number of hydrogen-bond acceptors (Lipinski definition) is 3. The third-order valence-electron chi connectivity index (χ3n) is 3.30. The lowest BCUT2D eigenvalue weighted by molar-refractivity contribution is -0.383. The molecule has 4 nitrogen and oxygen atoms in total. The van der Waals surface area contributed by atoms with Crippen LogP contribution in [0.1, 0.15) is 25.5 Å². The smallest absolute Gasteiger partial charge is 0.491 e. The van der Waals surface area contributed by atoms with Crippen LogP contribution in [0.3, 0.4) is 0 Å². The van der Waals surface area contributed by atoms with Gasteiger partial charge in [0.25, 0.3) is 0 Å². The zero-order valence-corrected chi connectivity index (χ0v) is 12.1. The SMILES string of the molecule is CC1(C)COc2ccc(Br)c3c2B(OC3C[NH3+])O1. The number of quaternary nitrogens is 1. The zero-order valence-electron chi connectivity index (χ0n) is 10.5. The Morgan fingerprint density at radius 1 is 1.50 bits per heavy atom. The van der Waals surface area contributed by atoms with E-state index in [1.165, 1.54) is 0 Å². The average Bonchev–Trinajstić information content (AvgIpc) is 2.61. The van der Waals surface area contributed by atoms with Gasteiger partial charge >= 0.3 is 7.12 Å². The van der Waals surface area contributed by atoms with E-state index in [1.54, 1.807) is 0 Å². The zero-order chi connectivity index (χ0) is 12.9. The van der Waals surface area contributed by atoms with E-state index >= 15 is 0 Å². The minimum absolute atomic E-state index is 0.0307. The molecule has 0 saturated heterocycles. The Morgan fingerprint density at radius 3 is 3.00 bits per heavy atom. The predicted molar refractivity (Wildman–Crippen MR) is 71.8 cm³/mol. The van der Waals surface area contributed by atoms with Crippen LogP contribution in [0.2, 0.25) is 0 Å². The second-order valence-electron chi connectivity index (χ2n) is 5.28. The average molecular weight is 313 g/mol. The van der Waals surface area contributed by atoms with Gasteiger partial charge in [0.05, 0.1) is 5.60 Å². The van der Waals surface area contributed by atoms with Crippen LogP contribution in [-0.4, -0.2) is 25.9 Å². The molecule has 1 atom stereocenters. The summed E-state index contributed by atoms with van der Waals surface area (Å²) in [5, 5.41) is 0. The van der Waals surface area contributed by atoms with Crippen LogP contribution < -0.4 is 15.9 Å². The third kappa shape index (κ3) is 1.88. The molecular formula is C12H16BBrNO3+. The fraction of sp³-hybridized carbons (Fsp3) is 0.500. The summed E-state index contributed by atoms with van der Waals surface area (Å²) in [6.07, 6.45) is -0.0307. The molecular weight excluding hydrogens is 297 g/mol. The summed E-state index contributed by atoms with van der Waals surface area (Å²) >= 11 is 3.58. The Balaban J connectivity index is 2.13. The van der Waals surface area contributed by atoms with E-state index in [0.717, 1.165) is 21.2 Å². The normalized spacial score (nSPS) is 24.4. The Hall–Kier alpha value is -0.555. The summed E-state index contributed by atoms with van der Waals surface area (Å²) in [6.45, 7) is 5.22. The van der Waals surface area contributed by atoms with Gasteiger partial charge in [0.15, 0.2) is 0 Å². The predicted octanol–water partition coefficient (Wildman–Crippen LogP) is 0.645. The highest BCUT2D eigenvalue weighted by Gasteiger charge is 2.46. The molecule has 1 aromatic rings. The van der Waals surface area contributed by atoms with Crippen molar-refractivity contribution in [3.63, 3.8) is 0 Å². The van der Waals surface area contributed by atoms with Gasteiger partial charge in [-0.05, 0) is 26.0 Å². The van der Waals surface area contributed by atoms with Crippen molar-refractivity contribution in [1.82, 2.24) is 0 Å². The van der Waals surface area contributed by atoms with Crippen molar-refractivity contribution in [2.24, 2.45) is 0 Å². The molecule has 2 aliphatic heterocycles. The molecule has 0 fully saturated rings. The van der Waals surface area contributed by atoms with Gasteiger partial charge in [0.2, 0.25) is 0 Å². The second-order valence-corrected chi connectivity index (χ2v) is 6.14. The fourth-order valence-electron chi connectivity index (χ4n) is 2.45. The van der Waals surface area contributed by atoms with Gasteiger partial charge in [0.1, 0.15) is 25.0 Å². The highest BCUT2D eigenvalue weighted by molar-refractivity contribution is 9.10. The lowest BCUT2D eigenvalue weighted by Crippen LogP contribution is -2.53. The number of ether oxygens (including phenoxy) is 1. The van der Waals surface area contributed by atoms with Crippen LogP contribution in [0, 0.1) is 0 Å². The Labute approximate surface area is 115 Å². The van der Waals surface area contributed by atoms with Gasteiger partial charge in [-0.15, -0.1) is 0 Å². The van der Waals surface area contributed by atoms with E-state index in [2.05, 4.69) is 21.7 Å². The molecule has 0 aromatic heterocycles. The maximum atomic E-state index is 6.02. The molecule has 0 amide bonds. The lowest BCUT2D eigenvalue weighted by atomic mass is 9.77. The first-order valence-electron chi connectivity index (χ1n) is 6.09. The maximum absolute atomic E-state index is 6.02. The van der Waals surface area contributed by atoms with E-state index in [4.69, 9.17) is 14.0 Å². The topological polar surface area (TPSA) is 55.3 Å². The largest absolute Gasteiger partial charge is 0.499 e. The van der Waals surface area contributed by atoms with Gasteiger partial charge in [0, 0.05) is 15.5 Å².